The molecule has 0 bridgehead atoms. The van der Waals surface area contributed by atoms with Crippen molar-refractivity contribution in [1.29, 1.82) is 0 Å². The Kier molecular flexibility index (Phi) is 6.15. The Morgan fingerprint density at radius 3 is 2.62 bits per heavy atom. The summed E-state index contributed by atoms with van der Waals surface area (Å²) >= 11 is 0. The molecule has 0 N–H and O–H groups in total. The van der Waals surface area contributed by atoms with E-state index >= 15 is 4.39 Å². The maximum absolute atomic E-state index is 15.3. The van der Waals surface area contributed by atoms with Crippen molar-refractivity contribution in [2.75, 3.05) is 26.7 Å². The van der Waals surface area contributed by atoms with Crippen molar-refractivity contribution in [2.24, 2.45) is 5.92 Å². The van der Waals surface area contributed by atoms with Gasteiger partial charge in [-0.25, -0.2) is 4.39 Å². The van der Waals surface area contributed by atoms with Gasteiger partial charge in [0, 0.05) is 13.1 Å². The van der Waals surface area contributed by atoms with E-state index < -0.39 is 5.67 Å². The van der Waals surface area contributed by atoms with E-state index in [-0.39, 0.29) is 0 Å². The monoisotopic (exact) mass is 333 g/mol. The highest BCUT2D eigenvalue weighted by atomic mass is 19.1. The smallest absolute Gasteiger partial charge is 0.138 e. The van der Waals surface area contributed by atoms with Gasteiger partial charge in [0.05, 0.1) is 7.11 Å². The number of alkyl halides is 1. The Labute approximate surface area is 146 Å². The Morgan fingerprint density at radius 1 is 1.17 bits per heavy atom. The summed E-state index contributed by atoms with van der Waals surface area (Å²) in [6, 6.07) is 7.54. The first-order chi connectivity index (χ1) is 11.7. The lowest BCUT2D eigenvalue weighted by molar-refractivity contribution is 0.0543. The summed E-state index contributed by atoms with van der Waals surface area (Å²) in [5.74, 6) is 1.71. The first-order valence-electron chi connectivity index (χ1n) is 9.75. The number of likely N-dealkylation sites (tertiary alicyclic amines) is 1. The summed E-state index contributed by atoms with van der Waals surface area (Å²) in [7, 11) is 1.64. The highest BCUT2D eigenvalue weighted by molar-refractivity contribution is 5.32. The lowest BCUT2D eigenvalue weighted by Gasteiger charge is -2.37. The molecule has 0 amide bonds. The van der Waals surface area contributed by atoms with Crippen LogP contribution in [0.5, 0.6) is 5.75 Å². The van der Waals surface area contributed by atoms with Crippen molar-refractivity contribution in [3.05, 3.63) is 29.8 Å². The zero-order valence-electron chi connectivity index (χ0n) is 15.1. The molecule has 0 aromatic heterocycles. The summed E-state index contributed by atoms with van der Waals surface area (Å²) < 4.78 is 20.6. The maximum atomic E-state index is 15.3. The summed E-state index contributed by atoms with van der Waals surface area (Å²) in [5.41, 5.74) is -0.405. The van der Waals surface area contributed by atoms with Crippen LogP contribution >= 0.6 is 0 Å². The molecular weight excluding hydrogens is 301 g/mol. The third-order valence-electron chi connectivity index (χ3n) is 6.05. The molecule has 0 spiro atoms. The normalized spacial score (nSPS) is 22.4. The van der Waals surface area contributed by atoms with Crippen molar-refractivity contribution < 1.29 is 9.13 Å². The highest BCUT2D eigenvalue weighted by Gasteiger charge is 2.36. The molecule has 2 aliphatic rings. The lowest BCUT2D eigenvalue weighted by Crippen LogP contribution is -2.40. The van der Waals surface area contributed by atoms with Gasteiger partial charge in [0.1, 0.15) is 11.4 Å². The van der Waals surface area contributed by atoms with Gasteiger partial charge in [0.25, 0.3) is 0 Å². The molecule has 3 heteroatoms. The molecule has 1 aliphatic carbocycles. The molecule has 0 unspecified atom stereocenters. The second kappa shape index (κ2) is 8.33. The zero-order valence-corrected chi connectivity index (χ0v) is 15.1. The Morgan fingerprint density at radius 2 is 1.92 bits per heavy atom. The van der Waals surface area contributed by atoms with E-state index in [1.807, 2.05) is 24.3 Å². The molecule has 3 rings (SSSR count). The van der Waals surface area contributed by atoms with Crippen molar-refractivity contribution in [1.82, 2.24) is 4.90 Å². The molecule has 134 valence electrons. The van der Waals surface area contributed by atoms with Gasteiger partial charge >= 0.3 is 0 Å². The number of halogens is 1. The van der Waals surface area contributed by atoms with Gasteiger partial charge in [-0.15, -0.1) is 0 Å². The van der Waals surface area contributed by atoms with E-state index in [1.165, 1.54) is 44.9 Å². The molecule has 1 aliphatic heterocycles. The van der Waals surface area contributed by atoms with Crippen LogP contribution in [0.1, 0.15) is 63.4 Å². The lowest BCUT2D eigenvalue weighted by atomic mass is 9.85. The van der Waals surface area contributed by atoms with Crippen LogP contribution in [-0.4, -0.2) is 31.6 Å². The fourth-order valence-electron chi connectivity index (χ4n) is 4.40. The number of piperidine rings is 1. The van der Waals surface area contributed by atoms with Crippen molar-refractivity contribution in [2.45, 2.75) is 63.5 Å². The number of methoxy groups -OCH3 is 1. The van der Waals surface area contributed by atoms with Gasteiger partial charge in [0.15, 0.2) is 0 Å². The molecule has 2 nitrogen and oxygen atoms in total. The summed E-state index contributed by atoms with van der Waals surface area (Å²) in [5, 5.41) is 0. The van der Waals surface area contributed by atoms with E-state index in [0.29, 0.717) is 12.8 Å². The number of nitrogens with zero attached hydrogens (tertiary/aromatic N) is 1. The van der Waals surface area contributed by atoms with E-state index in [9.17, 15) is 0 Å². The van der Waals surface area contributed by atoms with Gasteiger partial charge in [-0.3, -0.25) is 0 Å². The standard InChI is InChI=1S/C21H32FNO/c1-24-20-11-5-10-19(17-20)21(22)12-15-23(16-13-21)14-6-9-18-7-3-2-4-8-18/h5,10-11,17-18H,2-4,6-9,12-16H2,1H3. The van der Waals surface area contributed by atoms with E-state index in [1.54, 1.807) is 7.11 Å². The fraction of sp³-hybridized carbons (Fsp3) is 0.714. The predicted octanol–water partition coefficient (Wildman–Crippen LogP) is 5.32. The third-order valence-corrected chi connectivity index (χ3v) is 6.05. The summed E-state index contributed by atoms with van der Waals surface area (Å²) in [6.45, 7) is 2.89. The molecule has 1 heterocycles. The molecule has 1 aromatic carbocycles. The summed E-state index contributed by atoms with van der Waals surface area (Å²) in [6.07, 6.45) is 11.0. The first-order valence-corrected chi connectivity index (χ1v) is 9.75. The van der Waals surface area contributed by atoms with Gasteiger partial charge in [-0.2, -0.15) is 0 Å². The second-order valence-electron chi connectivity index (χ2n) is 7.69. The highest BCUT2D eigenvalue weighted by Crippen LogP contribution is 2.38. The summed E-state index contributed by atoms with van der Waals surface area (Å²) in [4.78, 5) is 2.46. The van der Waals surface area contributed by atoms with Crippen molar-refractivity contribution in [3.63, 3.8) is 0 Å². The van der Waals surface area contributed by atoms with Gasteiger partial charge in [0.2, 0.25) is 0 Å². The molecule has 2 fully saturated rings. The number of hydrogen-bond acceptors (Lipinski definition) is 2. The van der Waals surface area contributed by atoms with E-state index in [2.05, 4.69) is 4.90 Å². The molecular formula is C21H32FNO. The average Bonchev–Trinajstić information content (AvgIpc) is 2.64. The Bertz CT molecular complexity index is 504. The Balaban J connectivity index is 1.44. The van der Waals surface area contributed by atoms with Gasteiger partial charge in [-0.05, 0) is 55.8 Å². The molecule has 1 saturated carbocycles. The van der Waals surface area contributed by atoms with E-state index in [0.717, 1.165) is 36.9 Å². The van der Waals surface area contributed by atoms with Crippen LogP contribution < -0.4 is 4.74 Å². The van der Waals surface area contributed by atoms with Crippen LogP contribution in [0.25, 0.3) is 0 Å². The second-order valence-corrected chi connectivity index (χ2v) is 7.69. The average molecular weight is 333 g/mol. The van der Waals surface area contributed by atoms with Crippen LogP contribution in [0.4, 0.5) is 4.39 Å². The minimum Gasteiger partial charge on any atom is -0.497 e. The SMILES string of the molecule is COc1cccc(C2(F)CCN(CCCC3CCCCC3)CC2)c1. The van der Waals surface area contributed by atoms with Crippen LogP contribution in [0.3, 0.4) is 0 Å². The number of ether oxygens (including phenoxy) is 1. The number of rotatable bonds is 6. The van der Waals surface area contributed by atoms with Gasteiger partial charge in [-0.1, -0.05) is 44.2 Å². The first kappa shape index (κ1) is 17.7. The molecule has 1 saturated heterocycles. The van der Waals surface area contributed by atoms with E-state index in [4.69, 9.17) is 4.74 Å². The number of benzene rings is 1. The molecule has 1 aromatic rings. The predicted molar refractivity (Wildman–Crippen MR) is 97.3 cm³/mol. The quantitative estimate of drug-likeness (QED) is 0.699. The van der Waals surface area contributed by atoms with Crippen LogP contribution in [0.2, 0.25) is 0 Å². The minimum absolute atomic E-state index is 0.601. The number of hydrogen-bond donors (Lipinski definition) is 0. The maximum Gasteiger partial charge on any atom is 0.138 e. The largest absolute Gasteiger partial charge is 0.497 e. The van der Waals surface area contributed by atoms with Crippen LogP contribution in [0.15, 0.2) is 24.3 Å². The van der Waals surface area contributed by atoms with Crippen LogP contribution in [0, 0.1) is 5.92 Å². The van der Waals surface area contributed by atoms with Crippen molar-refractivity contribution >= 4 is 0 Å². The van der Waals surface area contributed by atoms with Crippen LogP contribution in [-0.2, 0) is 5.67 Å². The molecule has 24 heavy (non-hydrogen) atoms. The fourth-order valence-corrected chi connectivity index (χ4v) is 4.40. The topological polar surface area (TPSA) is 12.5 Å². The third kappa shape index (κ3) is 4.50. The Hall–Kier alpha value is -1.09. The zero-order chi connectivity index (χ0) is 16.8. The van der Waals surface area contributed by atoms with Crippen molar-refractivity contribution in [3.8, 4) is 5.75 Å². The van der Waals surface area contributed by atoms with Gasteiger partial charge < -0.3 is 9.64 Å². The minimum atomic E-state index is -1.19. The molecule has 0 radical (unpaired) electrons. The molecule has 0 atom stereocenters.